The second-order valence-corrected chi connectivity index (χ2v) is 7.13. The van der Waals surface area contributed by atoms with E-state index in [1.165, 1.54) is 17.3 Å². The highest BCUT2D eigenvalue weighted by atomic mass is 32.2. The van der Waals surface area contributed by atoms with E-state index in [1.54, 1.807) is 18.2 Å². The van der Waals surface area contributed by atoms with Gasteiger partial charge in [0.1, 0.15) is 0 Å². The monoisotopic (exact) mass is 281 g/mol. The average Bonchev–Trinajstić information content (AvgIpc) is 2.39. The third-order valence-corrected chi connectivity index (χ3v) is 5.36. The molecule has 1 aliphatic rings. The van der Waals surface area contributed by atoms with Gasteiger partial charge in [0.15, 0.2) is 5.78 Å². The molecule has 1 fully saturated rings. The number of sulfonamides is 1. The molecule has 1 atom stereocenters. The molecule has 1 aromatic rings. The summed E-state index contributed by atoms with van der Waals surface area (Å²) < 4.78 is 26.6. The van der Waals surface area contributed by atoms with Crippen LogP contribution < -0.4 is 0 Å². The van der Waals surface area contributed by atoms with Crippen molar-refractivity contribution < 1.29 is 13.2 Å². The maximum atomic E-state index is 12.5. The molecule has 104 valence electrons. The van der Waals surface area contributed by atoms with Crippen LogP contribution in [0.15, 0.2) is 29.2 Å². The van der Waals surface area contributed by atoms with Gasteiger partial charge in [-0.05, 0) is 37.8 Å². The Hall–Kier alpha value is -1.20. The number of carbonyl (C=O) groups is 1. The Kier molecular flexibility index (Phi) is 4.06. The highest BCUT2D eigenvalue weighted by Crippen LogP contribution is 2.23. The summed E-state index contributed by atoms with van der Waals surface area (Å²) in [6.45, 7) is 4.63. The molecule has 0 spiro atoms. The Bertz CT molecular complexity index is 580. The zero-order valence-corrected chi connectivity index (χ0v) is 12.1. The van der Waals surface area contributed by atoms with Crippen molar-refractivity contribution in [1.29, 1.82) is 0 Å². The second-order valence-electron chi connectivity index (χ2n) is 5.19. The number of piperidine rings is 1. The van der Waals surface area contributed by atoms with Crippen LogP contribution in [-0.4, -0.2) is 31.6 Å². The number of rotatable bonds is 3. The van der Waals surface area contributed by atoms with Crippen molar-refractivity contribution in [1.82, 2.24) is 4.31 Å². The van der Waals surface area contributed by atoms with Crippen LogP contribution in [0.1, 0.15) is 37.0 Å². The molecule has 1 aliphatic heterocycles. The lowest BCUT2D eigenvalue weighted by Crippen LogP contribution is -2.39. The smallest absolute Gasteiger partial charge is 0.243 e. The van der Waals surface area contributed by atoms with Crippen molar-refractivity contribution in [2.24, 2.45) is 5.92 Å². The number of hydrogen-bond acceptors (Lipinski definition) is 3. The Labute approximate surface area is 114 Å². The minimum Gasteiger partial charge on any atom is -0.295 e. The van der Waals surface area contributed by atoms with Gasteiger partial charge < -0.3 is 0 Å². The standard InChI is InChI=1S/C14H19NO3S/c1-11-5-4-8-15(10-11)19(17,18)14-7-3-6-13(9-14)12(2)16/h3,6-7,9,11H,4-5,8,10H2,1-2H3/t11-/m0/s1. The fourth-order valence-corrected chi connectivity index (χ4v) is 4.03. The summed E-state index contributed by atoms with van der Waals surface area (Å²) in [7, 11) is -3.47. The molecule has 0 N–H and O–H groups in total. The van der Waals surface area contributed by atoms with E-state index in [4.69, 9.17) is 0 Å². The summed E-state index contributed by atoms with van der Waals surface area (Å²) >= 11 is 0. The molecule has 0 unspecified atom stereocenters. The summed E-state index contributed by atoms with van der Waals surface area (Å²) in [5.74, 6) is 0.267. The predicted octanol–water partition coefficient (Wildman–Crippen LogP) is 2.31. The zero-order valence-electron chi connectivity index (χ0n) is 11.3. The van der Waals surface area contributed by atoms with Crippen LogP contribution in [0.2, 0.25) is 0 Å². The lowest BCUT2D eigenvalue weighted by atomic mass is 10.0. The number of ketones is 1. The largest absolute Gasteiger partial charge is 0.295 e. The van der Waals surface area contributed by atoms with Crippen LogP contribution in [-0.2, 0) is 10.0 Å². The van der Waals surface area contributed by atoms with Crippen molar-refractivity contribution in [2.45, 2.75) is 31.6 Å². The maximum absolute atomic E-state index is 12.5. The summed E-state index contributed by atoms with van der Waals surface area (Å²) in [4.78, 5) is 11.6. The average molecular weight is 281 g/mol. The first-order chi connectivity index (χ1) is 8.91. The molecule has 1 aromatic carbocycles. The van der Waals surface area contributed by atoms with E-state index in [9.17, 15) is 13.2 Å². The van der Waals surface area contributed by atoms with Crippen LogP contribution in [0, 0.1) is 5.92 Å². The fraction of sp³-hybridized carbons (Fsp3) is 0.500. The number of benzene rings is 1. The number of hydrogen-bond donors (Lipinski definition) is 0. The first-order valence-corrected chi connectivity index (χ1v) is 7.96. The van der Waals surface area contributed by atoms with Crippen LogP contribution in [0.25, 0.3) is 0 Å². The van der Waals surface area contributed by atoms with Crippen molar-refractivity contribution >= 4 is 15.8 Å². The molecule has 0 aromatic heterocycles. The maximum Gasteiger partial charge on any atom is 0.243 e. The molecule has 0 radical (unpaired) electrons. The van der Waals surface area contributed by atoms with Crippen LogP contribution >= 0.6 is 0 Å². The number of nitrogens with zero attached hydrogens (tertiary/aromatic N) is 1. The Balaban J connectivity index is 2.33. The van der Waals surface area contributed by atoms with Crippen molar-refractivity contribution in [3.8, 4) is 0 Å². The van der Waals surface area contributed by atoms with Gasteiger partial charge in [-0.3, -0.25) is 4.79 Å². The molecule has 0 amide bonds. The topological polar surface area (TPSA) is 54.5 Å². The molecule has 1 saturated heterocycles. The molecule has 2 rings (SSSR count). The third kappa shape index (κ3) is 3.04. The van der Waals surface area contributed by atoms with E-state index in [2.05, 4.69) is 6.92 Å². The van der Waals surface area contributed by atoms with E-state index >= 15 is 0 Å². The lowest BCUT2D eigenvalue weighted by molar-refractivity contribution is 0.101. The molecule has 19 heavy (non-hydrogen) atoms. The quantitative estimate of drug-likeness (QED) is 0.799. The van der Waals surface area contributed by atoms with Gasteiger partial charge in [-0.25, -0.2) is 8.42 Å². The van der Waals surface area contributed by atoms with Crippen molar-refractivity contribution in [3.63, 3.8) is 0 Å². The first kappa shape index (κ1) is 14.2. The molecular weight excluding hydrogens is 262 g/mol. The van der Waals surface area contributed by atoms with Crippen molar-refractivity contribution in [2.75, 3.05) is 13.1 Å². The Morgan fingerprint density at radius 1 is 1.37 bits per heavy atom. The molecule has 0 aliphatic carbocycles. The Morgan fingerprint density at radius 2 is 2.11 bits per heavy atom. The molecule has 0 bridgehead atoms. The lowest BCUT2D eigenvalue weighted by Gasteiger charge is -2.30. The van der Waals surface area contributed by atoms with Gasteiger partial charge in [0.25, 0.3) is 0 Å². The van der Waals surface area contributed by atoms with E-state index in [0.717, 1.165) is 12.8 Å². The van der Waals surface area contributed by atoms with E-state index < -0.39 is 10.0 Å². The number of Topliss-reactive ketones (excluding diaryl/α,β-unsaturated/α-hetero) is 1. The van der Waals surface area contributed by atoms with Gasteiger partial charge in [0.05, 0.1) is 4.90 Å². The second kappa shape index (κ2) is 5.43. The van der Waals surface area contributed by atoms with Crippen LogP contribution in [0.4, 0.5) is 0 Å². The van der Waals surface area contributed by atoms with Gasteiger partial charge in [0, 0.05) is 18.7 Å². The summed E-state index contributed by atoms with van der Waals surface area (Å²) in [5.41, 5.74) is 0.436. The number of carbonyl (C=O) groups excluding carboxylic acids is 1. The minimum atomic E-state index is -3.47. The van der Waals surface area contributed by atoms with Gasteiger partial charge in [0.2, 0.25) is 10.0 Å². The summed E-state index contributed by atoms with van der Waals surface area (Å²) in [6, 6.07) is 6.29. The van der Waals surface area contributed by atoms with Gasteiger partial charge in [-0.15, -0.1) is 0 Å². The van der Waals surface area contributed by atoms with E-state index in [-0.39, 0.29) is 10.7 Å². The normalized spacial score (nSPS) is 21.3. The van der Waals surface area contributed by atoms with Gasteiger partial charge >= 0.3 is 0 Å². The van der Waals surface area contributed by atoms with Crippen molar-refractivity contribution in [3.05, 3.63) is 29.8 Å². The van der Waals surface area contributed by atoms with E-state index in [1.807, 2.05) is 0 Å². The highest BCUT2D eigenvalue weighted by molar-refractivity contribution is 7.89. The molecule has 0 saturated carbocycles. The van der Waals surface area contributed by atoms with Crippen LogP contribution in [0.3, 0.4) is 0 Å². The third-order valence-electron chi connectivity index (χ3n) is 3.50. The summed E-state index contributed by atoms with van der Waals surface area (Å²) in [6.07, 6.45) is 1.96. The molecule has 4 nitrogen and oxygen atoms in total. The molecular formula is C14H19NO3S. The Morgan fingerprint density at radius 3 is 2.74 bits per heavy atom. The molecule has 1 heterocycles. The molecule has 5 heteroatoms. The summed E-state index contributed by atoms with van der Waals surface area (Å²) in [5, 5.41) is 0. The fourth-order valence-electron chi connectivity index (χ4n) is 2.39. The van der Waals surface area contributed by atoms with Gasteiger partial charge in [-0.2, -0.15) is 4.31 Å². The minimum absolute atomic E-state index is 0.121. The predicted molar refractivity (Wildman–Crippen MR) is 73.6 cm³/mol. The van der Waals surface area contributed by atoms with Crippen LogP contribution in [0.5, 0.6) is 0 Å². The highest BCUT2D eigenvalue weighted by Gasteiger charge is 2.28. The zero-order chi connectivity index (χ0) is 14.0. The van der Waals surface area contributed by atoms with Gasteiger partial charge in [-0.1, -0.05) is 19.1 Å². The van der Waals surface area contributed by atoms with E-state index in [0.29, 0.717) is 24.6 Å². The SMILES string of the molecule is CC(=O)c1cccc(S(=O)(=O)N2CCC[C@H](C)C2)c1. The first-order valence-electron chi connectivity index (χ1n) is 6.52.